The first-order valence-electron chi connectivity index (χ1n) is 7.02. The van der Waals surface area contributed by atoms with E-state index < -0.39 is 0 Å². The number of nitrogens with one attached hydrogen (secondary N) is 1. The number of carbonyl (C=O) groups excluding carboxylic acids is 1. The molecule has 1 heterocycles. The minimum absolute atomic E-state index is 0.00228. The Morgan fingerprint density at radius 3 is 2.64 bits per heavy atom. The smallest absolute Gasteiger partial charge is 0.277 e. The van der Waals surface area contributed by atoms with E-state index in [1.807, 2.05) is 14.1 Å². The van der Waals surface area contributed by atoms with Gasteiger partial charge in [-0.15, -0.1) is 0 Å². The fraction of sp³-hybridized carbons (Fsp3) is 0.357. The van der Waals surface area contributed by atoms with Gasteiger partial charge >= 0.3 is 0 Å². The van der Waals surface area contributed by atoms with E-state index in [1.54, 1.807) is 0 Å². The lowest BCUT2D eigenvalue weighted by molar-refractivity contribution is -0.668. The van der Waals surface area contributed by atoms with Crippen LogP contribution in [0.1, 0.15) is 16.1 Å². The second kappa shape index (κ2) is 7.41. The van der Waals surface area contributed by atoms with E-state index in [-0.39, 0.29) is 17.4 Å². The number of amides is 1. The molecular weight excluding hydrogens is 284 g/mol. The number of nitrogens with zero attached hydrogens (tertiary/aromatic N) is 3. The van der Waals surface area contributed by atoms with Gasteiger partial charge in [-0.1, -0.05) is 12.1 Å². The average molecular weight is 305 g/mol. The maximum atomic E-state index is 11.7. The molecule has 0 saturated carbocycles. The maximum absolute atomic E-state index is 11.7. The van der Waals surface area contributed by atoms with Crippen molar-refractivity contribution < 1.29 is 14.7 Å². The summed E-state index contributed by atoms with van der Waals surface area (Å²) < 4.78 is 4.38. The van der Waals surface area contributed by atoms with Gasteiger partial charge in [-0.2, -0.15) is 0 Å². The molecule has 0 atom stereocenters. The summed E-state index contributed by atoms with van der Waals surface area (Å²) in [5, 5.41) is 11.6. The predicted octanol–water partition coefficient (Wildman–Crippen LogP) is -0.789. The molecule has 0 radical (unpaired) electrons. The normalized spacial score (nSPS) is 10.5. The summed E-state index contributed by atoms with van der Waals surface area (Å²) in [5.41, 5.74) is 7.88. The van der Waals surface area contributed by atoms with Gasteiger partial charge in [0.05, 0.1) is 13.1 Å². The van der Waals surface area contributed by atoms with Crippen LogP contribution in [0, 0.1) is 0 Å². The zero-order valence-electron chi connectivity index (χ0n) is 12.7. The molecule has 8 nitrogen and oxygen atoms in total. The average Bonchev–Trinajstić information content (AvgIpc) is 2.93. The van der Waals surface area contributed by atoms with Gasteiger partial charge in [0.15, 0.2) is 0 Å². The van der Waals surface area contributed by atoms with Gasteiger partial charge in [0.2, 0.25) is 11.5 Å². The first-order chi connectivity index (χ1) is 10.6. The molecule has 8 heteroatoms. The summed E-state index contributed by atoms with van der Waals surface area (Å²) in [5.74, 6) is -0.370. The molecule has 0 aliphatic rings. The van der Waals surface area contributed by atoms with Crippen LogP contribution >= 0.6 is 0 Å². The lowest BCUT2D eigenvalue weighted by Crippen LogP contribution is -2.84. The Bertz CT molecular complexity index is 608. The van der Waals surface area contributed by atoms with Gasteiger partial charge in [0.1, 0.15) is 6.54 Å². The molecule has 0 aliphatic heterocycles. The lowest BCUT2D eigenvalue weighted by Gasteiger charge is -2.12. The van der Waals surface area contributed by atoms with Crippen molar-refractivity contribution in [2.75, 3.05) is 37.8 Å². The maximum Gasteiger partial charge on any atom is 0.277 e. The zero-order chi connectivity index (χ0) is 15.9. The Hall–Kier alpha value is -2.61. The molecule has 0 spiro atoms. The quantitative estimate of drug-likeness (QED) is 0.578. The summed E-state index contributed by atoms with van der Waals surface area (Å²) in [7, 11) is 4.03. The molecule has 22 heavy (non-hydrogen) atoms. The van der Waals surface area contributed by atoms with E-state index in [0.717, 1.165) is 13.1 Å². The number of carbonyl (C=O) groups is 1. The number of rotatable bonds is 7. The minimum Gasteiger partial charge on any atom is -0.379 e. The van der Waals surface area contributed by atoms with Crippen LogP contribution in [0.2, 0.25) is 0 Å². The van der Waals surface area contributed by atoms with Gasteiger partial charge < -0.3 is 21.3 Å². The van der Waals surface area contributed by atoms with Crippen molar-refractivity contribution in [3.05, 3.63) is 35.5 Å². The molecule has 1 amide bonds. The van der Waals surface area contributed by atoms with Crippen molar-refractivity contribution in [3.8, 4) is 0 Å². The highest BCUT2D eigenvalue weighted by Crippen LogP contribution is 2.11. The first kappa shape index (κ1) is 15.8. The van der Waals surface area contributed by atoms with Gasteiger partial charge in [0, 0.05) is 25.3 Å². The third-order valence-corrected chi connectivity index (χ3v) is 3.20. The molecule has 118 valence electrons. The van der Waals surface area contributed by atoms with Gasteiger partial charge in [-0.05, 0) is 22.4 Å². The Labute approximate surface area is 128 Å². The van der Waals surface area contributed by atoms with E-state index in [1.165, 1.54) is 11.3 Å². The SMILES string of the molecule is CN(C)c1ccc(C[NH2+]CCNC(=O)c2nonc2N)cc1. The van der Waals surface area contributed by atoms with E-state index in [9.17, 15) is 4.79 Å². The number of hydrogen-bond donors (Lipinski definition) is 3. The second-order valence-electron chi connectivity index (χ2n) is 5.10. The summed E-state index contributed by atoms with van der Waals surface area (Å²) in [6.07, 6.45) is 0. The number of aromatic nitrogens is 2. The standard InChI is InChI=1S/C14H20N6O2/c1-20(2)11-5-3-10(4-6-11)9-16-7-8-17-14(21)12-13(15)19-22-18-12/h3-6,16H,7-9H2,1-2H3,(H2,15,19)(H,17,21)/p+1. The molecule has 5 N–H and O–H groups in total. The molecular formula is C14H21N6O2+. The summed E-state index contributed by atoms with van der Waals surface area (Å²) in [6, 6.07) is 8.38. The van der Waals surface area contributed by atoms with Gasteiger partial charge in [-0.25, -0.2) is 4.63 Å². The fourth-order valence-electron chi connectivity index (χ4n) is 1.92. The topological polar surface area (TPSA) is 114 Å². The lowest BCUT2D eigenvalue weighted by atomic mass is 10.2. The van der Waals surface area contributed by atoms with Crippen molar-refractivity contribution in [1.82, 2.24) is 15.6 Å². The number of nitrogens with two attached hydrogens (primary N) is 2. The molecule has 1 aromatic carbocycles. The third-order valence-electron chi connectivity index (χ3n) is 3.20. The predicted molar refractivity (Wildman–Crippen MR) is 82.3 cm³/mol. The van der Waals surface area contributed by atoms with Crippen LogP contribution in [0.3, 0.4) is 0 Å². The zero-order valence-corrected chi connectivity index (χ0v) is 12.7. The molecule has 2 rings (SSSR count). The van der Waals surface area contributed by atoms with Crippen LogP contribution in [0.25, 0.3) is 0 Å². The van der Waals surface area contributed by atoms with Crippen molar-refractivity contribution in [2.45, 2.75) is 6.54 Å². The Morgan fingerprint density at radius 2 is 2.05 bits per heavy atom. The van der Waals surface area contributed by atoms with Crippen LogP contribution in [-0.2, 0) is 6.54 Å². The van der Waals surface area contributed by atoms with Crippen molar-refractivity contribution in [2.24, 2.45) is 0 Å². The number of benzene rings is 1. The number of nitrogen functional groups attached to an aromatic ring is 1. The van der Waals surface area contributed by atoms with Gasteiger partial charge in [-0.3, -0.25) is 4.79 Å². The summed E-state index contributed by atoms with van der Waals surface area (Å²) >= 11 is 0. The molecule has 2 aromatic rings. The van der Waals surface area contributed by atoms with E-state index in [2.05, 4.69) is 54.7 Å². The van der Waals surface area contributed by atoms with Crippen molar-refractivity contribution in [1.29, 1.82) is 0 Å². The number of quaternary nitrogens is 1. The van der Waals surface area contributed by atoms with E-state index in [4.69, 9.17) is 5.73 Å². The molecule has 0 bridgehead atoms. The van der Waals surface area contributed by atoms with Crippen LogP contribution in [-0.4, -0.2) is 43.4 Å². The first-order valence-corrected chi connectivity index (χ1v) is 7.02. The minimum atomic E-state index is -0.373. The van der Waals surface area contributed by atoms with Crippen LogP contribution in [0.15, 0.2) is 28.9 Å². The van der Waals surface area contributed by atoms with E-state index >= 15 is 0 Å². The number of hydrogen-bond acceptors (Lipinski definition) is 6. The molecule has 1 aromatic heterocycles. The summed E-state index contributed by atoms with van der Waals surface area (Å²) in [6.45, 7) is 2.13. The van der Waals surface area contributed by atoms with Crippen LogP contribution < -0.4 is 21.3 Å². The van der Waals surface area contributed by atoms with Gasteiger partial charge in [0.25, 0.3) is 5.91 Å². The highest BCUT2D eigenvalue weighted by atomic mass is 16.6. The van der Waals surface area contributed by atoms with Crippen LogP contribution in [0.5, 0.6) is 0 Å². The monoisotopic (exact) mass is 305 g/mol. The molecule has 0 aliphatic carbocycles. The van der Waals surface area contributed by atoms with Crippen LogP contribution in [0.4, 0.5) is 11.5 Å². The molecule has 0 fully saturated rings. The van der Waals surface area contributed by atoms with Crippen molar-refractivity contribution >= 4 is 17.4 Å². The largest absolute Gasteiger partial charge is 0.379 e. The Morgan fingerprint density at radius 1 is 1.32 bits per heavy atom. The molecule has 0 saturated heterocycles. The van der Waals surface area contributed by atoms with Crippen molar-refractivity contribution in [3.63, 3.8) is 0 Å². The Kier molecular flexibility index (Phi) is 5.31. The fourth-order valence-corrected chi connectivity index (χ4v) is 1.92. The van der Waals surface area contributed by atoms with E-state index in [0.29, 0.717) is 6.54 Å². The second-order valence-corrected chi connectivity index (χ2v) is 5.10. The highest BCUT2D eigenvalue weighted by Gasteiger charge is 2.15. The summed E-state index contributed by atoms with van der Waals surface area (Å²) in [4.78, 5) is 13.8. The third kappa shape index (κ3) is 4.19. The number of anilines is 2. The molecule has 0 unspecified atom stereocenters. The highest BCUT2D eigenvalue weighted by molar-refractivity contribution is 5.95. The Balaban J connectivity index is 1.67.